The van der Waals surface area contributed by atoms with Crippen LogP contribution in [0.2, 0.25) is 0 Å². The predicted molar refractivity (Wildman–Crippen MR) is 112 cm³/mol. The highest BCUT2D eigenvalue weighted by molar-refractivity contribution is 5.98. The lowest BCUT2D eigenvalue weighted by Gasteiger charge is -2.34. The number of benzene rings is 1. The van der Waals surface area contributed by atoms with Gasteiger partial charge in [-0.1, -0.05) is 43.2 Å². The molecular formula is C23H28N4O2. The third-order valence-electron chi connectivity index (χ3n) is 5.84. The van der Waals surface area contributed by atoms with E-state index in [2.05, 4.69) is 39.5 Å². The Morgan fingerprint density at radius 1 is 1.00 bits per heavy atom. The molecule has 2 aliphatic rings. The fourth-order valence-corrected chi connectivity index (χ4v) is 4.15. The van der Waals surface area contributed by atoms with E-state index in [1.54, 1.807) is 18.3 Å². The molecule has 1 aromatic heterocycles. The predicted octanol–water partition coefficient (Wildman–Crippen LogP) is 2.71. The van der Waals surface area contributed by atoms with Gasteiger partial charge in [0.2, 0.25) is 0 Å². The Bertz CT molecular complexity index is 841. The quantitative estimate of drug-likeness (QED) is 0.850. The van der Waals surface area contributed by atoms with Crippen LogP contribution in [0.4, 0.5) is 0 Å². The second-order valence-electron chi connectivity index (χ2n) is 7.94. The van der Waals surface area contributed by atoms with E-state index in [4.69, 9.17) is 0 Å². The monoisotopic (exact) mass is 392 g/mol. The van der Waals surface area contributed by atoms with Crippen molar-refractivity contribution in [1.82, 2.24) is 20.1 Å². The number of carbonyl (C=O) groups is 2. The Morgan fingerprint density at radius 3 is 2.45 bits per heavy atom. The average molecular weight is 393 g/mol. The number of piperazine rings is 1. The number of amides is 2. The van der Waals surface area contributed by atoms with Gasteiger partial charge in [0.15, 0.2) is 0 Å². The molecule has 1 N–H and O–H groups in total. The van der Waals surface area contributed by atoms with Gasteiger partial charge in [0.25, 0.3) is 11.8 Å². The lowest BCUT2D eigenvalue weighted by Crippen LogP contribution is -2.48. The largest absolute Gasteiger partial charge is 0.348 e. The molecule has 0 radical (unpaired) electrons. The molecule has 1 aliphatic carbocycles. The zero-order chi connectivity index (χ0) is 20.1. The first-order valence-electron chi connectivity index (χ1n) is 10.5. The second kappa shape index (κ2) is 9.18. The first-order chi connectivity index (χ1) is 14.2. The highest BCUT2D eigenvalue weighted by atomic mass is 16.2. The highest BCUT2D eigenvalue weighted by Gasteiger charge is 2.24. The molecule has 0 atom stereocenters. The molecule has 1 saturated heterocycles. The van der Waals surface area contributed by atoms with Crippen molar-refractivity contribution in [3.63, 3.8) is 0 Å². The smallest absolute Gasteiger partial charge is 0.270 e. The number of aromatic nitrogens is 1. The summed E-state index contributed by atoms with van der Waals surface area (Å²) in [5, 5.41) is 3.04. The minimum Gasteiger partial charge on any atom is -0.348 e. The van der Waals surface area contributed by atoms with Crippen molar-refractivity contribution in [1.29, 1.82) is 0 Å². The molecule has 0 bridgehead atoms. The van der Waals surface area contributed by atoms with Crippen molar-refractivity contribution >= 4 is 11.8 Å². The molecule has 1 aromatic carbocycles. The van der Waals surface area contributed by atoms with Gasteiger partial charge in [-0.05, 0) is 30.5 Å². The molecule has 1 aliphatic heterocycles. The lowest BCUT2D eigenvalue weighted by molar-refractivity contribution is 0.0628. The number of rotatable bonds is 5. The molecule has 4 rings (SSSR count). The van der Waals surface area contributed by atoms with Gasteiger partial charge in [0.1, 0.15) is 5.69 Å². The van der Waals surface area contributed by atoms with Gasteiger partial charge in [-0.2, -0.15) is 0 Å². The molecule has 0 spiro atoms. The molecule has 2 amide bonds. The topological polar surface area (TPSA) is 65.5 Å². The van der Waals surface area contributed by atoms with Gasteiger partial charge in [0, 0.05) is 50.5 Å². The molecular weight excluding hydrogens is 364 g/mol. The maximum atomic E-state index is 12.9. The van der Waals surface area contributed by atoms with Crippen LogP contribution in [-0.2, 0) is 6.54 Å². The third-order valence-corrected chi connectivity index (χ3v) is 5.84. The molecule has 2 aromatic rings. The third kappa shape index (κ3) is 5.01. The van der Waals surface area contributed by atoms with Gasteiger partial charge < -0.3 is 10.2 Å². The minimum atomic E-state index is -0.181. The van der Waals surface area contributed by atoms with Gasteiger partial charge >= 0.3 is 0 Å². The number of nitrogens with one attached hydrogen (secondary N) is 1. The Balaban J connectivity index is 1.33. The summed E-state index contributed by atoms with van der Waals surface area (Å²) in [6, 6.07) is 14.0. The maximum Gasteiger partial charge on any atom is 0.270 e. The van der Waals surface area contributed by atoms with E-state index in [1.807, 2.05) is 11.0 Å². The fourth-order valence-electron chi connectivity index (χ4n) is 4.15. The van der Waals surface area contributed by atoms with Crippen LogP contribution in [-0.4, -0.2) is 58.8 Å². The number of hydrogen-bond donors (Lipinski definition) is 1. The molecule has 2 heterocycles. The minimum absolute atomic E-state index is 0.0262. The summed E-state index contributed by atoms with van der Waals surface area (Å²) in [6.45, 7) is 3.99. The van der Waals surface area contributed by atoms with Crippen LogP contribution in [0.5, 0.6) is 0 Å². The molecule has 6 heteroatoms. The molecule has 1 saturated carbocycles. The second-order valence-corrected chi connectivity index (χ2v) is 7.94. The van der Waals surface area contributed by atoms with Crippen LogP contribution < -0.4 is 5.32 Å². The summed E-state index contributed by atoms with van der Waals surface area (Å²) in [5.74, 6) is -0.207. The van der Waals surface area contributed by atoms with Crippen LogP contribution in [0.3, 0.4) is 0 Å². The maximum absolute atomic E-state index is 12.9. The van der Waals surface area contributed by atoms with Gasteiger partial charge in [-0.15, -0.1) is 0 Å². The Hall–Kier alpha value is -2.73. The molecule has 29 heavy (non-hydrogen) atoms. The van der Waals surface area contributed by atoms with E-state index in [1.165, 1.54) is 5.56 Å². The van der Waals surface area contributed by atoms with Crippen LogP contribution in [0.1, 0.15) is 52.1 Å². The average Bonchev–Trinajstić information content (AvgIpc) is 3.28. The van der Waals surface area contributed by atoms with Crippen LogP contribution in [0.25, 0.3) is 0 Å². The van der Waals surface area contributed by atoms with Crippen LogP contribution in [0.15, 0.2) is 48.7 Å². The van der Waals surface area contributed by atoms with E-state index in [0.717, 1.165) is 45.3 Å². The summed E-state index contributed by atoms with van der Waals surface area (Å²) >= 11 is 0. The zero-order valence-electron chi connectivity index (χ0n) is 16.7. The van der Waals surface area contributed by atoms with E-state index in [0.29, 0.717) is 24.3 Å². The summed E-state index contributed by atoms with van der Waals surface area (Å²) < 4.78 is 0. The summed E-state index contributed by atoms with van der Waals surface area (Å²) in [4.78, 5) is 33.8. The van der Waals surface area contributed by atoms with E-state index in [-0.39, 0.29) is 17.9 Å². The van der Waals surface area contributed by atoms with Gasteiger partial charge in [-0.25, -0.2) is 0 Å². The SMILES string of the molecule is O=C(NC1CCCC1)c1cc(C(=O)N2CCN(Cc3ccccc3)CC2)ccn1. The Labute approximate surface area is 171 Å². The molecule has 152 valence electrons. The van der Waals surface area contributed by atoms with Crippen molar-refractivity contribution in [2.45, 2.75) is 38.3 Å². The van der Waals surface area contributed by atoms with Crippen molar-refractivity contribution < 1.29 is 9.59 Å². The van der Waals surface area contributed by atoms with E-state index < -0.39 is 0 Å². The normalized spacial score (nSPS) is 18.0. The standard InChI is InChI=1S/C23H28N4O2/c28-22(25-20-8-4-5-9-20)21-16-19(10-11-24-21)23(29)27-14-12-26(13-15-27)17-18-6-2-1-3-7-18/h1-3,6-7,10-11,16,20H,4-5,8-9,12-15,17H2,(H,25,28). The van der Waals surface area contributed by atoms with E-state index >= 15 is 0 Å². The number of pyridine rings is 1. The Morgan fingerprint density at radius 2 is 1.72 bits per heavy atom. The van der Waals surface area contributed by atoms with Gasteiger partial charge in [0.05, 0.1) is 0 Å². The number of hydrogen-bond acceptors (Lipinski definition) is 4. The fraction of sp³-hybridized carbons (Fsp3) is 0.435. The molecule has 0 unspecified atom stereocenters. The van der Waals surface area contributed by atoms with Gasteiger partial charge in [-0.3, -0.25) is 19.5 Å². The first kappa shape index (κ1) is 19.6. The van der Waals surface area contributed by atoms with Crippen molar-refractivity contribution in [2.24, 2.45) is 0 Å². The van der Waals surface area contributed by atoms with Crippen LogP contribution >= 0.6 is 0 Å². The highest BCUT2D eigenvalue weighted by Crippen LogP contribution is 2.18. The zero-order valence-corrected chi connectivity index (χ0v) is 16.7. The number of nitrogens with zero attached hydrogens (tertiary/aromatic N) is 3. The summed E-state index contributed by atoms with van der Waals surface area (Å²) in [5.41, 5.74) is 2.15. The van der Waals surface area contributed by atoms with E-state index in [9.17, 15) is 9.59 Å². The number of carbonyl (C=O) groups excluding carboxylic acids is 2. The lowest BCUT2D eigenvalue weighted by atomic mass is 10.1. The summed E-state index contributed by atoms with van der Waals surface area (Å²) in [6.07, 6.45) is 5.93. The van der Waals surface area contributed by atoms with Crippen molar-refractivity contribution in [3.05, 3.63) is 65.5 Å². The summed E-state index contributed by atoms with van der Waals surface area (Å²) in [7, 11) is 0. The van der Waals surface area contributed by atoms with Crippen LogP contribution in [0, 0.1) is 0 Å². The first-order valence-corrected chi connectivity index (χ1v) is 10.5. The molecule has 2 fully saturated rings. The van der Waals surface area contributed by atoms with Crippen molar-refractivity contribution in [3.8, 4) is 0 Å². The van der Waals surface area contributed by atoms with Crippen molar-refractivity contribution in [2.75, 3.05) is 26.2 Å². The Kier molecular flexibility index (Phi) is 6.20. The molecule has 6 nitrogen and oxygen atoms in total.